The zero-order valence-electron chi connectivity index (χ0n) is 9.89. The minimum Gasteiger partial charge on any atom is -0.459 e. The van der Waals surface area contributed by atoms with Gasteiger partial charge in [0.2, 0.25) is 0 Å². The molecule has 92 valence electrons. The fourth-order valence-electron chi connectivity index (χ4n) is 2.11. The van der Waals surface area contributed by atoms with Gasteiger partial charge in [0.05, 0.1) is 5.56 Å². The number of aromatic nitrogens is 1. The molecule has 0 aliphatic heterocycles. The largest absolute Gasteiger partial charge is 0.459 e. The van der Waals surface area contributed by atoms with Crippen molar-refractivity contribution in [2.24, 2.45) is 0 Å². The number of nitrogens with zero attached hydrogens (tertiary/aromatic N) is 1. The Hall–Kier alpha value is -1.58. The van der Waals surface area contributed by atoms with E-state index in [1.807, 2.05) is 0 Å². The number of rotatable bonds is 2. The van der Waals surface area contributed by atoms with Crippen molar-refractivity contribution in [3.63, 3.8) is 0 Å². The van der Waals surface area contributed by atoms with Gasteiger partial charge in [-0.25, -0.2) is 9.78 Å². The summed E-state index contributed by atoms with van der Waals surface area (Å²) in [6.45, 7) is 0. The minimum absolute atomic E-state index is 0.0718. The van der Waals surface area contributed by atoms with Gasteiger partial charge in [-0.2, -0.15) is 0 Å². The Morgan fingerprint density at radius 1 is 1.24 bits per heavy atom. The van der Waals surface area contributed by atoms with Gasteiger partial charge in [-0.3, -0.25) is 0 Å². The van der Waals surface area contributed by atoms with Crippen molar-refractivity contribution in [1.29, 1.82) is 0 Å². The van der Waals surface area contributed by atoms with E-state index in [4.69, 9.17) is 10.5 Å². The number of nitrogen functional groups attached to an aromatic ring is 1. The van der Waals surface area contributed by atoms with Gasteiger partial charge < -0.3 is 10.5 Å². The molecule has 4 heteroatoms. The van der Waals surface area contributed by atoms with Crippen LogP contribution in [0, 0.1) is 0 Å². The average Bonchev–Trinajstić information content (AvgIpc) is 2.58. The molecular weight excluding hydrogens is 216 g/mol. The van der Waals surface area contributed by atoms with Gasteiger partial charge >= 0.3 is 5.97 Å². The number of esters is 1. The predicted octanol–water partition coefficient (Wildman–Crippen LogP) is 2.54. The second kappa shape index (κ2) is 5.66. The molecule has 1 aromatic heterocycles. The number of carbonyl (C=O) groups excluding carboxylic acids is 1. The van der Waals surface area contributed by atoms with Crippen LogP contribution in [-0.2, 0) is 4.74 Å². The molecule has 1 aliphatic carbocycles. The topological polar surface area (TPSA) is 65.2 Å². The zero-order chi connectivity index (χ0) is 12.1. The Kier molecular flexibility index (Phi) is 3.96. The second-order valence-electron chi connectivity index (χ2n) is 4.49. The van der Waals surface area contributed by atoms with Crippen LogP contribution in [0.15, 0.2) is 18.3 Å². The molecule has 0 spiro atoms. The summed E-state index contributed by atoms with van der Waals surface area (Å²) in [5.74, 6) is 0.125. The van der Waals surface area contributed by atoms with Gasteiger partial charge in [-0.15, -0.1) is 0 Å². The van der Waals surface area contributed by atoms with Crippen molar-refractivity contribution in [2.75, 3.05) is 5.73 Å². The van der Waals surface area contributed by atoms with Crippen LogP contribution in [0.25, 0.3) is 0 Å². The quantitative estimate of drug-likeness (QED) is 0.631. The molecule has 0 aromatic carbocycles. The van der Waals surface area contributed by atoms with Gasteiger partial charge in [0.15, 0.2) is 0 Å². The minimum atomic E-state index is -0.288. The van der Waals surface area contributed by atoms with Gasteiger partial charge in [0.25, 0.3) is 0 Å². The highest BCUT2D eigenvalue weighted by molar-refractivity contribution is 5.89. The van der Waals surface area contributed by atoms with Gasteiger partial charge in [-0.1, -0.05) is 12.8 Å². The third-order valence-electron chi connectivity index (χ3n) is 3.10. The number of hydrogen-bond acceptors (Lipinski definition) is 4. The molecule has 1 aliphatic rings. The van der Waals surface area contributed by atoms with Crippen LogP contribution in [0.3, 0.4) is 0 Å². The molecule has 0 amide bonds. The lowest BCUT2D eigenvalue weighted by Gasteiger charge is -2.15. The van der Waals surface area contributed by atoms with E-state index >= 15 is 0 Å². The Balaban J connectivity index is 1.93. The highest BCUT2D eigenvalue weighted by Crippen LogP contribution is 2.20. The highest BCUT2D eigenvalue weighted by Gasteiger charge is 2.17. The van der Waals surface area contributed by atoms with Crippen molar-refractivity contribution in [3.05, 3.63) is 23.9 Å². The van der Waals surface area contributed by atoms with Crippen molar-refractivity contribution < 1.29 is 9.53 Å². The molecule has 1 fully saturated rings. The third-order valence-corrected chi connectivity index (χ3v) is 3.10. The zero-order valence-corrected chi connectivity index (χ0v) is 9.89. The molecule has 4 nitrogen and oxygen atoms in total. The first-order valence-corrected chi connectivity index (χ1v) is 6.18. The first-order valence-electron chi connectivity index (χ1n) is 6.18. The van der Waals surface area contributed by atoms with E-state index in [0.717, 1.165) is 25.7 Å². The smallest absolute Gasteiger partial charge is 0.339 e. The van der Waals surface area contributed by atoms with Crippen molar-refractivity contribution in [2.45, 2.75) is 44.6 Å². The predicted molar refractivity (Wildman–Crippen MR) is 65.6 cm³/mol. The molecule has 0 unspecified atom stereocenters. The Labute approximate surface area is 101 Å². The molecule has 1 saturated carbocycles. The molecular formula is C13H18N2O2. The fraction of sp³-hybridized carbons (Fsp3) is 0.538. The monoisotopic (exact) mass is 234 g/mol. The van der Waals surface area contributed by atoms with Gasteiger partial charge in [0, 0.05) is 6.20 Å². The number of pyridine rings is 1. The second-order valence-corrected chi connectivity index (χ2v) is 4.49. The molecule has 1 heterocycles. The summed E-state index contributed by atoms with van der Waals surface area (Å²) in [5, 5.41) is 0. The van der Waals surface area contributed by atoms with Crippen LogP contribution in [0.2, 0.25) is 0 Å². The lowest BCUT2D eigenvalue weighted by Crippen LogP contribution is -2.17. The number of hydrogen-bond donors (Lipinski definition) is 1. The van der Waals surface area contributed by atoms with E-state index in [1.54, 1.807) is 12.1 Å². The van der Waals surface area contributed by atoms with E-state index in [1.165, 1.54) is 19.0 Å². The van der Waals surface area contributed by atoms with Gasteiger partial charge in [0.1, 0.15) is 11.9 Å². The summed E-state index contributed by atoms with van der Waals surface area (Å²) in [5.41, 5.74) is 5.94. The average molecular weight is 234 g/mol. The number of nitrogens with two attached hydrogens (primary N) is 1. The van der Waals surface area contributed by atoms with Crippen LogP contribution in [0.1, 0.15) is 48.9 Å². The van der Waals surface area contributed by atoms with Crippen molar-refractivity contribution in [1.82, 2.24) is 4.98 Å². The molecule has 2 N–H and O–H groups in total. The number of ether oxygens (including phenoxy) is 1. The van der Waals surface area contributed by atoms with Crippen LogP contribution in [0.4, 0.5) is 5.82 Å². The molecule has 0 atom stereocenters. The fourth-order valence-corrected chi connectivity index (χ4v) is 2.11. The Morgan fingerprint density at radius 2 is 1.94 bits per heavy atom. The molecule has 0 bridgehead atoms. The lowest BCUT2D eigenvalue weighted by molar-refractivity contribution is 0.0267. The summed E-state index contributed by atoms with van der Waals surface area (Å²) in [4.78, 5) is 15.7. The maximum absolute atomic E-state index is 11.8. The Bertz CT molecular complexity index is 368. The van der Waals surface area contributed by atoms with Crippen LogP contribution >= 0.6 is 0 Å². The normalized spacial score (nSPS) is 17.4. The van der Waals surface area contributed by atoms with E-state index in [-0.39, 0.29) is 12.1 Å². The van der Waals surface area contributed by atoms with Crippen LogP contribution in [-0.4, -0.2) is 17.1 Å². The SMILES string of the molecule is Nc1ccc(C(=O)OC2CCCCCC2)cn1. The van der Waals surface area contributed by atoms with Crippen LogP contribution < -0.4 is 5.73 Å². The summed E-state index contributed by atoms with van der Waals surface area (Å²) < 4.78 is 5.48. The molecule has 17 heavy (non-hydrogen) atoms. The third kappa shape index (κ3) is 3.44. The molecule has 0 saturated heterocycles. The van der Waals surface area contributed by atoms with Crippen molar-refractivity contribution >= 4 is 11.8 Å². The van der Waals surface area contributed by atoms with Crippen LogP contribution in [0.5, 0.6) is 0 Å². The number of anilines is 1. The van der Waals surface area contributed by atoms with E-state index in [2.05, 4.69) is 4.98 Å². The van der Waals surface area contributed by atoms with E-state index in [0.29, 0.717) is 11.4 Å². The lowest BCUT2D eigenvalue weighted by atomic mass is 10.1. The summed E-state index contributed by atoms with van der Waals surface area (Å²) in [6, 6.07) is 3.27. The highest BCUT2D eigenvalue weighted by atomic mass is 16.5. The Morgan fingerprint density at radius 3 is 2.53 bits per heavy atom. The van der Waals surface area contributed by atoms with E-state index in [9.17, 15) is 4.79 Å². The molecule has 1 aromatic rings. The summed E-state index contributed by atoms with van der Waals surface area (Å²) in [6.07, 6.45) is 8.30. The molecule has 2 rings (SSSR count). The first kappa shape index (κ1) is 11.9. The first-order chi connectivity index (χ1) is 8.25. The maximum Gasteiger partial charge on any atom is 0.339 e. The van der Waals surface area contributed by atoms with E-state index < -0.39 is 0 Å². The maximum atomic E-state index is 11.8. The van der Waals surface area contributed by atoms with Crippen molar-refractivity contribution in [3.8, 4) is 0 Å². The number of carbonyl (C=O) groups is 1. The summed E-state index contributed by atoms with van der Waals surface area (Å²) in [7, 11) is 0. The summed E-state index contributed by atoms with van der Waals surface area (Å²) >= 11 is 0. The molecule has 0 radical (unpaired) electrons. The van der Waals surface area contributed by atoms with Gasteiger partial charge in [-0.05, 0) is 37.8 Å². The standard InChI is InChI=1S/C13H18N2O2/c14-12-8-7-10(9-15-12)13(16)17-11-5-3-1-2-4-6-11/h7-9,11H,1-6H2,(H2,14,15).